The normalized spacial score (nSPS) is 12.2. The van der Waals surface area contributed by atoms with E-state index in [2.05, 4.69) is 48.6 Å². The van der Waals surface area contributed by atoms with Crippen LogP contribution in [0.3, 0.4) is 0 Å². The number of benzene rings is 2. The highest BCUT2D eigenvalue weighted by molar-refractivity contribution is 5.66. The van der Waals surface area contributed by atoms with E-state index in [1.807, 2.05) is 26.1 Å². The summed E-state index contributed by atoms with van der Waals surface area (Å²) in [4.78, 5) is 0. The number of ether oxygens (including phenoxy) is 1. The monoisotopic (exact) mass is 269 g/mol. The zero-order chi connectivity index (χ0) is 14.4. The van der Waals surface area contributed by atoms with Crippen LogP contribution in [0.25, 0.3) is 11.1 Å². The highest BCUT2D eigenvalue weighted by Crippen LogP contribution is 2.27. The van der Waals surface area contributed by atoms with E-state index in [-0.39, 0.29) is 0 Å². The lowest BCUT2D eigenvalue weighted by molar-refractivity contribution is 0.340. The molecule has 2 aromatic rings. The summed E-state index contributed by atoms with van der Waals surface area (Å²) in [5.41, 5.74) is 3.76. The van der Waals surface area contributed by atoms with E-state index in [0.717, 1.165) is 12.2 Å². The van der Waals surface area contributed by atoms with Crippen molar-refractivity contribution in [3.63, 3.8) is 0 Å². The minimum Gasteiger partial charge on any atom is -0.494 e. The molecule has 2 heteroatoms. The van der Waals surface area contributed by atoms with Crippen LogP contribution in [0.5, 0.6) is 5.75 Å². The summed E-state index contributed by atoms with van der Waals surface area (Å²) < 4.78 is 5.58. The van der Waals surface area contributed by atoms with Gasteiger partial charge in [-0.05, 0) is 55.3 Å². The first-order valence-corrected chi connectivity index (χ1v) is 7.29. The summed E-state index contributed by atoms with van der Waals surface area (Å²) in [5.74, 6) is 0.927. The van der Waals surface area contributed by atoms with E-state index in [1.165, 1.54) is 16.7 Å². The van der Waals surface area contributed by atoms with E-state index >= 15 is 0 Å². The van der Waals surface area contributed by atoms with Gasteiger partial charge in [0.15, 0.2) is 0 Å². The predicted octanol–water partition coefficient (Wildman–Crippen LogP) is 4.42. The molecule has 0 aliphatic rings. The molecule has 0 fully saturated rings. The Morgan fingerprint density at radius 1 is 1.00 bits per heavy atom. The van der Waals surface area contributed by atoms with Crippen LogP contribution in [0.1, 0.15) is 31.9 Å². The summed E-state index contributed by atoms with van der Waals surface area (Å²) in [6.45, 7) is 4.90. The average Bonchev–Trinajstić information content (AvgIpc) is 2.50. The topological polar surface area (TPSA) is 21.3 Å². The number of rotatable bonds is 6. The fraction of sp³-hybridized carbons (Fsp3) is 0.333. The molecule has 20 heavy (non-hydrogen) atoms. The summed E-state index contributed by atoms with van der Waals surface area (Å²) in [5, 5.41) is 3.35. The van der Waals surface area contributed by atoms with Gasteiger partial charge >= 0.3 is 0 Å². The fourth-order valence-electron chi connectivity index (χ4n) is 2.47. The number of nitrogens with one attached hydrogen (secondary N) is 1. The highest BCUT2D eigenvalue weighted by Gasteiger charge is 2.08. The quantitative estimate of drug-likeness (QED) is 0.838. The smallest absolute Gasteiger partial charge is 0.119 e. The molecule has 1 atom stereocenters. The van der Waals surface area contributed by atoms with Crippen molar-refractivity contribution in [2.24, 2.45) is 0 Å². The van der Waals surface area contributed by atoms with Gasteiger partial charge in [0, 0.05) is 6.04 Å². The molecule has 2 aromatic carbocycles. The molecule has 1 N–H and O–H groups in total. The molecule has 0 aliphatic heterocycles. The molecular formula is C18H23NO. The molecular weight excluding hydrogens is 246 g/mol. The fourth-order valence-corrected chi connectivity index (χ4v) is 2.47. The maximum Gasteiger partial charge on any atom is 0.119 e. The number of hydrogen-bond donors (Lipinski definition) is 1. The van der Waals surface area contributed by atoms with Crippen LogP contribution in [0, 0.1) is 0 Å². The van der Waals surface area contributed by atoms with Crippen LogP contribution >= 0.6 is 0 Å². The Kier molecular flexibility index (Phi) is 5.19. The standard InChI is InChI=1S/C18H23NO/c1-4-18(19-3)16-10-6-8-14(12-16)15-9-7-11-17(13-15)20-5-2/h6-13,18-19H,4-5H2,1-3H3. The zero-order valence-corrected chi connectivity index (χ0v) is 12.5. The Bertz CT molecular complexity index is 547. The lowest BCUT2D eigenvalue weighted by Gasteiger charge is -2.15. The van der Waals surface area contributed by atoms with Crippen LogP contribution in [0.4, 0.5) is 0 Å². The van der Waals surface area contributed by atoms with Crippen molar-refractivity contribution in [1.29, 1.82) is 0 Å². The molecule has 0 saturated carbocycles. The molecule has 0 bridgehead atoms. The largest absolute Gasteiger partial charge is 0.494 e. The Labute approximate surface area is 121 Å². The molecule has 2 rings (SSSR count). The van der Waals surface area contributed by atoms with Gasteiger partial charge in [-0.3, -0.25) is 0 Å². The van der Waals surface area contributed by atoms with E-state index in [4.69, 9.17) is 4.74 Å². The van der Waals surface area contributed by atoms with Crippen LogP contribution in [-0.4, -0.2) is 13.7 Å². The third kappa shape index (κ3) is 3.40. The van der Waals surface area contributed by atoms with Crippen molar-refractivity contribution < 1.29 is 4.74 Å². The third-order valence-electron chi connectivity index (χ3n) is 3.52. The second-order valence-electron chi connectivity index (χ2n) is 4.84. The second-order valence-corrected chi connectivity index (χ2v) is 4.84. The molecule has 0 aromatic heterocycles. The van der Waals surface area contributed by atoms with E-state index in [9.17, 15) is 0 Å². The summed E-state index contributed by atoms with van der Waals surface area (Å²) in [7, 11) is 2.01. The van der Waals surface area contributed by atoms with Gasteiger partial charge in [-0.25, -0.2) is 0 Å². The first-order valence-electron chi connectivity index (χ1n) is 7.29. The van der Waals surface area contributed by atoms with Crippen LogP contribution in [0.15, 0.2) is 48.5 Å². The van der Waals surface area contributed by atoms with E-state index in [1.54, 1.807) is 0 Å². The second kappa shape index (κ2) is 7.11. The summed E-state index contributed by atoms with van der Waals surface area (Å²) >= 11 is 0. The lowest BCUT2D eigenvalue weighted by atomic mass is 9.98. The highest BCUT2D eigenvalue weighted by atomic mass is 16.5. The van der Waals surface area contributed by atoms with E-state index in [0.29, 0.717) is 12.6 Å². The van der Waals surface area contributed by atoms with Gasteiger partial charge in [0.1, 0.15) is 5.75 Å². The molecule has 0 spiro atoms. The molecule has 106 valence electrons. The predicted molar refractivity (Wildman–Crippen MR) is 85.1 cm³/mol. The van der Waals surface area contributed by atoms with Crippen LogP contribution in [0.2, 0.25) is 0 Å². The minimum atomic E-state index is 0.407. The minimum absolute atomic E-state index is 0.407. The maximum atomic E-state index is 5.58. The van der Waals surface area contributed by atoms with Crippen molar-refractivity contribution in [1.82, 2.24) is 5.32 Å². The van der Waals surface area contributed by atoms with Gasteiger partial charge in [-0.1, -0.05) is 37.3 Å². The zero-order valence-electron chi connectivity index (χ0n) is 12.5. The van der Waals surface area contributed by atoms with Crippen molar-refractivity contribution in [3.05, 3.63) is 54.1 Å². The lowest BCUT2D eigenvalue weighted by Crippen LogP contribution is -2.15. The van der Waals surface area contributed by atoms with Gasteiger partial charge in [-0.15, -0.1) is 0 Å². The maximum absolute atomic E-state index is 5.58. The Morgan fingerprint density at radius 2 is 1.70 bits per heavy atom. The number of hydrogen-bond acceptors (Lipinski definition) is 2. The van der Waals surface area contributed by atoms with Gasteiger partial charge < -0.3 is 10.1 Å². The Morgan fingerprint density at radius 3 is 2.35 bits per heavy atom. The molecule has 2 nitrogen and oxygen atoms in total. The molecule has 0 amide bonds. The Hall–Kier alpha value is -1.80. The summed E-state index contributed by atoms with van der Waals surface area (Å²) in [6.07, 6.45) is 1.08. The van der Waals surface area contributed by atoms with Gasteiger partial charge in [0.05, 0.1) is 6.61 Å². The first kappa shape index (κ1) is 14.6. The third-order valence-corrected chi connectivity index (χ3v) is 3.52. The van der Waals surface area contributed by atoms with Gasteiger partial charge in [-0.2, -0.15) is 0 Å². The van der Waals surface area contributed by atoms with Gasteiger partial charge in [0.25, 0.3) is 0 Å². The van der Waals surface area contributed by atoms with Crippen molar-refractivity contribution >= 4 is 0 Å². The Balaban J connectivity index is 2.33. The molecule has 1 unspecified atom stereocenters. The first-order chi connectivity index (χ1) is 9.78. The molecule has 0 saturated heterocycles. The summed E-state index contributed by atoms with van der Waals surface area (Å²) in [6, 6.07) is 17.4. The molecule has 0 radical (unpaired) electrons. The van der Waals surface area contributed by atoms with Crippen LogP contribution < -0.4 is 10.1 Å². The molecule has 0 heterocycles. The molecule has 0 aliphatic carbocycles. The van der Waals surface area contributed by atoms with Crippen molar-refractivity contribution in [2.75, 3.05) is 13.7 Å². The average molecular weight is 269 g/mol. The van der Waals surface area contributed by atoms with Gasteiger partial charge in [0.2, 0.25) is 0 Å². The SMILES string of the molecule is CCOc1cccc(-c2cccc(C(CC)NC)c2)c1. The van der Waals surface area contributed by atoms with Crippen molar-refractivity contribution in [3.8, 4) is 16.9 Å². The van der Waals surface area contributed by atoms with E-state index < -0.39 is 0 Å². The van der Waals surface area contributed by atoms with Crippen molar-refractivity contribution in [2.45, 2.75) is 26.3 Å². The van der Waals surface area contributed by atoms with Crippen LogP contribution in [-0.2, 0) is 0 Å².